The molecular formula is C19H13F7N2O3. The van der Waals surface area contributed by atoms with E-state index in [1.54, 1.807) is 0 Å². The Balaban J connectivity index is 2.10. The second kappa shape index (κ2) is 8.00. The van der Waals surface area contributed by atoms with Gasteiger partial charge in [-0.3, -0.25) is 4.90 Å². The molecule has 0 atom stereocenters. The third-order valence-electron chi connectivity index (χ3n) is 4.21. The lowest BCUT2D eigenvalue weighted by atomic mass is 10.0. The Kier molecular flexibility index (Phi) is 5.74. The van der Waals surface area contributed by atoms with Gasteiger partial charge in [0.15, 0.2) is 12.5 Å². The van der Waals surface area contributed by atoms with Crippen molar-refractivity contribution in [2.45, 2.75) is 12.4 Å². The van der Waals surface area contributed by atoms with Crippen molar-refractivity contribution in [1.29, 1.82) is 0 Å². The van der Waals surface area contributed by atoms with Crippen LogP contribution in [-0.2, 0) is 17.1 Å². The summed E-state index contributed by atoms with van der Waals surface area (Å²) in [6, 6.07) is 4.60. The van der Waals surface area contributed by atoms with Crippen molar-refractivity contribution >= 4 is 17.5 Å². The van der Waals surface area contributed by atoms with Gasteiger partial charge in [0.1, 0.15) is 11.6 Å². The summed E-state index contributed by atoms with van der Waals surface area (Å²) in [5, 5.41) is 2.49. The van der Waals surface area contributed by atoms with Gasteiger partial charge in [-0.1, -0.05) is 0 Å². The topological polar surface area (TPSA) is 50.8 Å². The van der Waals surface area contributed by atoms with Crippen LogP contribution in [0.4, 0.5) is 41.2 Å². The van der Waals surface area contributed by atoms with E-state index >= 15 is 0 Å². The highest BCUT2D eigenvalue weighted by Gasteiger charge is 2.42. The van der Waals surface area contributed by atoms with Crippen molar-refractivity contribution in [3.8, 4) is 5.75 Å². The Morgan fingerprint density at radius 1 is 1.06 bits per heavy atom. The van der Waals surface area contributed by atoms with Gasteiger partial charge in [-0.2, -0.15) is 26.3 Å². The molecular weight excluding hydrogens is 437 g/mol. The summed E-state index contributed by atoms with van der Waals surface area (Å²) in [6.07, 6.45) is -10.7. The number of hydrogen-bond donors (Lipinski definition) is 1. The Hall–Kier alpha value is -3.44. The van der Waals surface area contributed by atoms with Crippen molar-refractivity contribution in [2.75, 3.05) is 18.7 Å². The highest BCUT2D eigenvalue weighted by Crippen LogP contribution is 2.45. The first-order valence-corrected chi connectivity index (χ1v) is 8.48. The molecule has 1 amide bonds. The lowest BCUT2D eigenvalue weighted by Crippen LogP contribution is -2.30. The predicted octanol–water partition coefficient (Wildman–Crippen LogP) is 5.37. The molecule has 0 saturated heterocycles. The molecule has 1 aliphatic heterocycles. The maximum absolute atomic E-state index is 13.6. The number of anilines is 1. The summed E-state index contributed by atoms with van der Waals surface area (Å²) in [5.74, 6) is -2.15. The number of ether oxygens (including phenoxy) is 2. The SMILES string of the molecule is CN(C(=O)Oc1c(C2=CNCO2)cc(C(F)(F)F)cc1C(F)(F)F)c1ccc(F)cc1. The average molecular weight is 450 g/mol. The van der Waals surface area contributed by atoms with E-state index in [2.05, 4.69) is 5.32 Å². The Morgan fingerprint density at radius 2 is 1.71 bits per heavy atom. The van der Waals surface area contributed by atoms with Crippen LogP contribution in [0.1, 0.15) is 16.7 Å². The Labute approximate surface area is 170 Å². The van der Waals surface area contributed by atoms with E-state index in [1.165, 1.54) is 12.1 Å². The van der Waals surface area contributed by atoms with Gasteiger partial charge >= 0.3 is 18.4 Å². The van der Waals surface area contributed by atoms with E-state index < -0.39 is 46.7 Å². The van der Waals surface area contributed by atoms with Crippen molar-refractivity contribution in [1.82, 2.24) is 5.32 Å². The molecule has 0 saturated carbocycles. The number of nitrogens with one attached hydrogen (secondary N) is 1. The molecule has 12 heteroatoms. The number of carbonyl (C=O) groups is 1. The van der Waals surface area contributed by atoms with Gasteiger partial charge in [0, 0.05) is 18.9 Å². The van der Waals surface area contributed by atoms with Gasteiger partial charge in [0.25, 0.3) is 0 Å². The monoisotopic (exact) mass is 450 g/mol. The fourth-order valence-corrected chi connectivity index (χ4v) is 2.67. The molecule has 31 heavy (non-hydrogen) atoms. The Morgan fingerprint density at radius 3 is 2.23 bits per heavy atom. The van der Waals surface area contributed by atoms with Crippen molar-refractivity contribution < 1.29 is 45.0 Å². The maximum atomic E-state index is 13.6. The minimum Gasteiger partial charge on any atom is -0.471 e. The van der Waals surface area contributed by atoms with Gasteiger partial charge in [-0.25, -0.2) is 9.18 Å². The standard InChI is InChI=1S/C19H13F7N2O3/c1-28(12-4-2-11(20)3-5-12)17(29)31-16-13(15-8-27-9-30-15)6-10(18(21,22)23)7-14(16)19(24,25)26/h2-8,27H,9H2,1H3. The predicted molar refractivity (Wildman–Crippen MR) is 94.3 cm³/mol. The van der Waals surface area contributed by atoms with Crippen LogP contribution in [0.3, 0.4) is 0 Å². The van der Waals surface area contributed by atoms with Gasteiger partial charge in [-0.05, 0) is 36.4 Å². The molecule has 0 fully saturated rings. The van der Waals surface area contributed by atoms with E-state index in [1.807, 2.05) is 0 Å². The summed E-state index contributed by atoms with van der Waals surface area (Å²) in [7, 11) is 1.14. The number of nitrogens with zero attached hydrogens (tertiary/aromatic N) is 1. The molecule has 2 aromatic rings. The molecule has 5 nitrogen and oxygen atoms in total. The third-order valence-corrected chi connectivity index (χ3v) is 4.21. The second-order valence-corrected chi connectivity index (χ2v) is 6.30. The lowest BCUT2D eigenvalue weighted by molar-refractivity contribution is -0.143. The molecule has 1 heterocycles. The molecule has 2 aromatic carbocycles. The first-order chi connectivity index (χ1) is 14.4. The molecule has 3 rings (SSSR count). The summed E-state index contributed by atoms with van der Waals surface area (Å²) < 4.78 is 103. The van der Waals surface area contributed by atoms with Crippen LogP contribution in [-0.4, -0.2) is 19.9 Å². The molecule has 0 spiro atoms. The van der Waals surface area contributed by atoms with E-state index in [-0.39, 0.29) is 24.2 Å². The zero-order valence-electron chi connectivity index (χ0n) is 15.6. The molecule has 0 radical (unpaired) electrons. The smallest absolute Gasteiger partial charge is 0.420 e. The molecule has 0 aromatic heterocycles. The van der Waals surface area contributed by atoms with Crippen LogP contribution in [0.15, 0.2) is 42.6 Å². The normalized spacial score (nSPS) is 13.9. The largest absolute Gasteiger partial charge is 0.471 e. The van der Waals surface area contributed by atoms with Gasteiger partial charge in [0.05, 0.1) is 16.7 Å². The highest BCUT2D eigenvalue weighted by atomic mass is 19.4. The Bertz CT molecular complexity index is 1010. The fourth-order valence-electron chi connectivity index (χ4n) is 2.67. The van der Waals surface area contributed by atoms with Gasteiger partial charge in [-0.15, -0.1) is 0 Å². The number of alkyl halides is 6. The van der Waals surface area contributed by atoms with Crippen molar-refractivity contribution in [3.63, 3.8) is 0 Å². The van der Waals surface area contributed by atoms with Gasteiger partial charge in [0.2, 0.25) is 0 Å². The maximum Gasteiger partial charge on any atom is 0.420 e. The summed E-state index contributed by atoms with van der Waals surface area (Å²) >= 11 is 0. The molecule has 1 aliphatic rings. The molecule has 0 aliphatic carbocycles. The van der Waals surface area contributed by atoms with Crippen LogP contribution in [0, 0.1) is 5.82 Å². The molecule has 0 unspecified atom stereocenters. The zero-order chi connectivity index (χ0) is 23.0. The summed E-state index contributed by atoms with van der Waals surface area (Å²) in [6.45, 7) is -0.199. The van der Waals surface area contributed by atoms with E-state index in [0.29, 0.717) is 6.07 Å². The van der Waals surface area contributed by atoms with E-state index in [4.69, 9.17) is 9.47 Å². The first-order valence-electron chi connectivity index (χ1n) is 8.48. The first kappa shape index (κ1) is 22.2. The minimum atomic E-state index is -5.29. The quantitative estimate of drug-likeness (QED) is 0.639. The summed E-state index contributed by atoms with van der Waals surface area (Å²) in [5.41, 5.74) is -4.05. The van der Waals surface area contributed by atoms with Crippen LogP contribution in [0.2, 0.25) is 0 Å². The van der Waals surface area contributed by atoms with Crippen LogP contribution in [0.25, 0.3) is 5.76 Å². The lowest BCUT2D eigenvalue weighted by Gasteiger charge is -2.22. The minimum absolute atomic E-state index is 0.0754. The van der Waals surface area contributed by atoms with E-state index in [9.17, 15) is 35.5 Å². The van der Waals surface area contributed by atoms with E-state index in [0.717, 1.165) is 30.3 Å². The third kappa shape index (κ3) is 4.84. The number of amides is 1. The van der Waals surface area contributed by atoms with Gasteiger partial charge < -0.3 is 14.8 Å². The molecule has 1 N–H and O–H groups in total. The number of benzene rings is 2. The highest BCUT2D eigenvalue weighted by molar-refractivity contribution is 5.89. The van der Waals surface area contributed by atoms with Crippen molar-refractivity contribution in [2.24, 2.45) is 0 Å². The number of hydrogen-bond acceptors (Lipinski definition) is 4. The zero-order valence-corrected chi connectivity index (χ0v) is 15.6. The fraction of sp³-hybridized carbons (Fsp3) is 0.211. The number of rotatable bonds is 3. The second-order valence-electron chi connectivity index (χ2n) is 6.30. The van der Waals surface area contributed by atoms with Crippen LogP contribution in [0.5, 0.6) is 5.75 Å². The summed E-state index contributed by atoms with van der Waals surface area (Å²) in [4.78, 5) is 13.2. The number of halogens is 7. The van der Waals surface area contributed by atoms with Crippen LogP contribution >= 0.6 is 0 Å². The van der Waals surface area contributed by atoms with Crippen LogP contribution < -0.4 is 15.0 Å². The number of carbonyl (C=O) groups excluding carboxylic acids is 1. The molecule has 166 valence electrons. The average Bonchev–Trinajstić information content (AvgIpc) is 3.21. The van der Waals surface area contributed by atoms with Crippen molar-refractivity contribution in [3.05, 3.63) is 65.1 Å². The molecule has 0 bridgehead atoms.